The molecule has 92 valence electrons. The van der Waals surface area contributed by atoms with Crippen LogP contribution in [0.2, 0.25) is 10.0 Å². The molecule has 1 N–H and O–H groups in total. The third-order valence-corrected chi connectivity index (χ3v) is 3.34. The van der Waals surface area contributed by atoms with Crippen LogP contribution in [0.5, 0.6) is 0 Å². The number of aliphatic hydroxyl groups excluding tert-OH is 1. The highest BCUT2D eigenvalue weighted by Crippen LogP contribution is 2.26. The van der Waals surface area contributed by atoms with Crippen LogP contribution in [0.3, 0.4) is 0 Å². The number of hydroxylamine groups is 2. The Bertz CT molecular complexity index is 441. The van der Waals surface area contributed by atoms with E-state index in [-0.39, 0.29) is 19.1 Å². The summed E-state index contributed by atoms with van der Waals surface area (Å²) in [7, 11) is 0. The van der Waals surface area contributed by atoms with Crippen LogP contribution in [-0.2, 0) is 4.84 Å². The van der Waals surface area contributed by atoms with Crippen LogP contribution in [0, 0.1) is 6.92 Å². The molecule has 0 saturated carbocycles. The van der Waals surface area contributed by atoms with Crippen molar-refractivity contribution in [1.29, 1.82) is 0 Å². The van der Waals surface area contributed by atoms with E-state index in [1.807, 2.05) is 0 Å². The summed E-state index contributed by atoms with van der Waals surface area (Å²) < 4.78 is 0. The van der Waals surface area contributed by atoms with Gasteiger partial charge in [0.2, 0.25) is 0 Å². The van der Waals surface area contributed by atoms with Crippen LogP contribution in [0.4, 0.5) is 0 Å². The SMILES string of the molecule is Cc1c(Cl)cc(C(=O)N2C[C@@H](O)CO2)cc1Cl. The zero-order valence-electron chi connectivity index (χ0n) is 9.11. The minimum Gasteiger partial charge on any atom is -0.389 e. The maximum absolute atomic E-state index is 12.0. The topological polar surface area (TPSA) is 49.8 Å². The average Bonchev–Trinajstić information content (AvgIpc) is 2.71. The van der Waals surface area contributed by atoms with E-state index in [1.165, 1.54) is 0 Å². The van der Waals surface area contributed by atoms with Gasteiger partial charge < -0.3 is 5.11 Å². The van der Waals surface area contributed by atoms with E-state index in [4.69, 9.17) is 28.0 Å². The molecular weight excluding hydrogens is 265 g/mol. The summed E-state index contributed by atoms with van der Waals surface area (Å²) in [5.74, 6) is -0.356. The van der Waals surface area contributed by atoms with Crippen molar-refractivity contribution < 1.29 is 14.7 Å². The first-order valence-corrected chi connectivity index (χ1v) is 5.83. The maximum atomic E-state index is 12.0. The van der Waals surface area contributed by atoms with Crippen molar-refractivity contribution in [3.05, 3.63) is 33.3 Å². The number of hydrogen-bond acceptors (Lipinski definition) is 3. The Labute approximate surface area is 109 Å². The lowest BCUT2D eigenvalue weighted by Gasteiger charge is -2.14. The monoisotopic (exact) mass is 275 g/mol. The fourth-order valence-corrected chi connectivity index (χ4v) is 2.01. The number of carbonyl (C=O) groups excluding carboxylic acids is 1. The molecule has 1 aromatic rings. The molecule has 1 fully saturated rings. The number of hydrogen-bond donors (Lipinski definition) is 1. The molecule has 0 aliphatic carbocycles. The van der Waals surface area contributed by atoms with Crippen molar-refractivity contribution in [3.63, 3.8) is 0 Å². The van der Waals surface area contributed by atoms with Crippen LogP contribution in [0.15, 0.2) is 12.1 Å². The number of carbonyl (C=O) groups is 1. The third-order valence-electron chi connectivity index (χ3n) is 2.55. The van der Waals surface area contributed by atoms with Gasteiger partial charge in [-0.15, -0.1) is 0 Å². The summed E-state index contributed by atoms with van der Waals surface area (Å²) in [4.78, 5) is 17.0. The van der Waals surface area contributed by atoms with Crippen LogP contribution >= 0.6 is 23.2 Å². The van der Waals surface area contributed by atoms with Gasteiger partial charge >= 0.3 is 0 Å². The third kappa shape index (κ3) is 2.55. The fraction of sp³-hybridized carbons (Fsp3) is 0.364. The molecule has 0 unspecified atom stereocenters. The lowest BCUT2D eigenvalue weighted by molar-refractivity contribution is -0.0779. The van der Waals surface area contributed by atoms with Gasteiger partial charge in [0.1, 0.15) is 12.7 Å². The number of nitrogens with zero attached hydrogens (tertiary/aromatic N) is 1. The second-order valence-electron chi connectivity index (χ2n) is 3.88. The zero-order valence-corrected chi connectivity index (χ0v) is 10.6. The number of β-amino-alcohol motifs (C(OH)–C–C–N with tert-alkyl or cyclic N) is 1. The van der Waals surface area contributed by atoms with E-state index in [0.29, 0.717) is 15.6 Å². The summed E-state index contributed by atoms with van der Waals surface area (Å²) in [6.45, 7) is 2.05. The molecule has 2 rings (SSSR count). The Hall–Kier alpha value is -0.810. The van der Waals surface area contributed by atoms with Gasteiger partial charge in [0.15, 0.2) is 0 Å². The van der Waals surface area contributed by atoms with Gasteiger partial charge in [-0.1, -0.05) is 23.2 Å². The molecule has 1 heterocycles. The summed E-state index contributed by atoms with van der Waals surface area (Å²) in [6, 6.07) is 3.08. The highest BCUT2D eigenvalue weighted by Gasteiger charge is 2.27. The maximum Gasteiger partial charge on any atom is 0.277 e. The lowest BCUT2D eigenvalue weighted by Crippen LogP contribution is -2.28. The molecule has 1 aromatic carbocycles. The molecule has 0 radical (unpaired) electrons. The molecule has 4 nitrogen and oxygen atoms in total. The van der Waals surface area contributed by atoms with Crippen LogP contribution in [0.25, 0.3) is 0 Å². The van der Waals surface area contributed by atoms with E-state index >= 15 is 0 Å². The quantitative estimate of drug-likeness (QED) is 0.854. The molecule has 1 amide bonds. The normalized spacial score (nSPS) is 19.8. The van der Waals surface area contributed by atoms with Crippen molar-refractivity contribution in [1.82, 2.24) is 5.06 Å². The van der Waals surface area contributed by atoms with E-state index < -0.39 is 6.10 Å². The van der Waals surface area contributed by atoms with Crippen molar-refractivity contribution in [2.75, 3.05) is 13.2 Å². The minimum absolute atomic E-state index is 0.124. The lowest BCUT2D eigenvalue weighted by atomic mass is 10.1. The van der Waals surface area contributed by atoms with Gasteiger partial charge in [0, 0.05) is 15.6 Å². The van der Waals surface area contributed by atoms with Crippen LogP contribution < -0.4 is 0 Å². The van der Waals surface area contributed by atoms with Crippen molar-refractivity contribution in [2.45, 2.75) is 13.0 Å². The molecule has 0 bridgehead atoms. The molecule has 1 atom stereocenters. The standard InChI is InChI=1S/C11H11Cl2NO3/c1-6-9(12)2-7(3-10(6)13)11(16)14-4-8(15)5-17-14/h2-3,8,15H,4-5H2,1H3/t8-/m1/s1. The Morgan fingerprint density at radius 1 is 1.47 bits per heavy atom. The Kier molecular flexibility index (Phi) is 3.58. The van der Waals surface area contributed by atoms with E-state index in [0.717, 1.165) is 10.6 Å². The summed E-state index contributed by atoms with van der Waals surface area (Å²) in [5, 5.41) is 11.3. The smallest absolute Gasteiger partial charge is 0.277 e. The summed E-state index contributed by atoms with van der Waals surface area (Å²) >= 11 is 11.9. The highest BCUT2D eigenvalue weighted by molar-refractivity contribution is 6.36. The molecule has 0 spiro atoms. The molecule has 1 aliphatic heterocycles. The van der Waals surface area contributed by atoms with Gasteiger partial charge in [0.05, 0.1) is 6.54 Å². The van der Waals surface area contributed by atoms with Crippen molar-refractivity contribution >= 4 is 29.1 Å². The number of aliphatic hydroxyl groups is 1. The van der Waals surface area contributed by atoms with Gasteiger partial charge in [-0.3, -0.25) is 9.63 Å². The second kappa shape index (κ2) is 4.82. The van der Waals surface area contributed by atoms with Crippen LogP contribution in [0.1, 0.15) is 15.9 Å². The van der Waals surface area contributed by atoms with Crippen molar-refractivity contribution in [2.24, 2.45) is 0 Å². The predicted molar refractivity (Wildman–Crippen MR) is 64.2 cm³/mol. The van der Waals surface area contributed by atoms with Gasteiger partial charge in [-0.2, -0.15) is 0 Å². The number of rotatable bonds is 1. The minimum atomic E-state index is -0.643. The number of halogens is 2. The average molecular weight is 276 g/mol. The van der Waals surface area contributed by atoms with Crippen LogP contribution in [-0.4, -0.2) is 35.3 Å². The molecule has 0 aromatic heterocycles. The highest BCUT2D eigenvalue weighted by atomic mass is 35.5. The van der Waals surface area contributed by atoms with Gasteiger partial charge in [0.25, 0.3) is 5.91 Å². The first-order chi connectivity index (χ1) is 7.99. The molecule has 17 heavy (non-hydrogen) atoms. The second-order valence-corrected chi connectivity index (χ2v) is 4.70. The van der Waals surface area contributed by atoms with E-state index in [2.05, 4.69) is 0 Å². The molecule has 1 saturated heterocycles. The van der Waals surface area contributed by atoms with Gasteiger partial charge in [-0.05, 0) is 24.6 Å². The van der Waals surface area contributed by atoms with E-state index in [1.54, 1.807) is 19.1 Å². The summed E-state index contributed by atoms with van der Waals surface area (Å²) in [6.07, 6.45) is -0.643. The Balaban J connectivity index is 2.25. The predicted octanol–water partition coefficient (Wildman–Crippen LogP) is 2.05. The zero-order chi connectivity index (χ0) is 12.6. The number of amides is 1. The molecular formula is C11H11Cl2NO3. The Morgan fingerprint density at radius 3 is 2.53 bits per heavy atom. The van der Waals surface area contributed by atoms with Gasteiger partial charge in [-0.25, -0.2) is 5.06 Å². The Morgan fingerprint density at radius 2 is 2.06 bits per heavy atom. The largest absolute Gasteiger partial charge is 0.389 e. The first kappa shape index (κ1) is 12.6. The fourth-order valence-electron chi connectivity index (χ4n) is 1.53. The van der Waals surface area contributed by atoms with E-state index in [9.17, 15) is 9.90 Å². The molecule has 1 aliphatic rings. The first-order valence-electron chi connectivity index (χ1n) is 5.07. The number of benzene rings is 1. The summed E-state index contributed by atoms with van der Waals surface area (Å²) in [5.41, 5.74) is 1.08. The molecule has 6 heteroatoms. The van der Waals surface area contributed by atoms with Crippen molar-refractivity contribution in [3.8, 4) is 0 Å².